The fraction of sp³-hybridized carbons (Fsp3) is 0.909. The predicted molar refractivity (Wildman–Crippen MR) is 62.6 cm³/mol. The molecule has 1 fully saturated rings. The molecule has 1 amide bonds. The summed E-state index contributed by atoms with van der Waals surface area (Å²) < 4.78 is 0. The molecule has 0 saturated heterocycles. The summed E-state index contributed by atoms with van der Waals surface area (Å²) in [4.78, 5) is 14.0. The van der Waals surface area contributed by atoms with Crippen molar-refractivity contribution in [1.82, 2.24) is 4.90 Å². The molecule has 0 radical (unpaired) electrons. The van der Waals surface area contributed by atoms with Gasteiger partial charge in [0, 0.05) is 12.6 Å². The molecular formula is C11H20BrNO. The SMILES string of the molecule is CCCCN(C(=O)C(Br)CC)C1CC1. The third kappa shape index (κ3) is 3.26. The Morgan fingerprint density at radius 3 is 2.57 bits per heavy atom. The van der Waals surface area contributed by atoms with E-state index < -0.39 is 0 Å². The van der Waals surface area contributed by atoms with Gasteiger partial charge in [-0.25, -0.2) is 0 Å². The number of carbonyl (C=O) groups excluding carboxylic acids is 1. The molecule has 0 aromatic carbocycles. The average molecular weight is 262 g/mol. The highest BCUT2D eigenvalue weighted by atomic mass is 79.9. The summed E-state index contributed by atoms with van der Waals surface area (Å²) >= 11 is 3.44. The van der Waals surface area contributed by atoms with Gasteiger partial charge in [-0.1, -0.05) is 36.2 Å². The molecule has 0 aromatic heterocycles. The van der Waals surface area contributed by atoms with E-state index in [2.05, 4.69) is 27.8 Å². The molecule has 2 nitrogen and oxygen atoms in total. The zero-order chi connectivity index (χ0) is 10.6. The Bertz CT molecular complexity index is 192. The van der Waals surface area contributed by atoms with Gasteiger partial charge in [-0.3, -0.25) is 4.79 Å². The number of unbranched alkanes of at least 4 members (excludes halogenated alkanes) is 1. The fourth-order valence-corrected chi connectivity index (χ4v) is 1.80. The minimum absolute atomic E-state index is 0.0277. The van der Waals surface area contributed by atoms with E-state index in [9.17, 15) is 4.79 Å². The molecule has 14 heavy (non-hydrogen) atoms. The molecule has 1 rings (SSSR count). The normalized spacial score (nSPS) is 17.9. The summed E-state index contributed by atoms with van der Waals surface area (Å²) in [5.74, 6) is 0.295. The minimum atomic E-state index is 0.0277. The van der Waals surface area contributed by atoms with Crippen LogP contribution in [0.3, 0.4) is 0 Å². The number of amides is 1. The van der Waals surface area contributed by atoms with E-state index in [4.69, 9.17) is 0 Å². The number of rotatable bonds is 6. The van der Waals surface area contributed by atoms with Gasteiger partial charge in [-0.05, 0) is 25.7 Å². The van der Waals surface area contributed by atoms with Crippen LogP contribution in [0.15, 0.2) is 0 Å². The summed E-state index contributed by atoms with van der Waals surface area (Å²) in [5.41, 5.74) is 0. The lowest BCUT2D eigenvalue weighted by Crippen LogP contribution is -2.38. The summed E-state index contributed by atoms with van der Waals surface area (Å²) in [6.07, 6.45) is 5.59. The van der Waals surface area contributed by atoms with Gasteiger partial charge in [0.1, 0.15) is 0 Å². The number of alkyl halides is 1. The topological polar surface area (TPSA) is 20.3 Å². The van der Waals surface area contributed by atoms with E-state index in [1.54, 1.807) is 0 Å². The Morgan fingerprint density at radius 1 is 1.50 bits per heavy atom. The molecular weight excluding hydrogens is 242 g/mol. The van der Waals surface area contributed by atoms with E-state index in [1.165, 1.54) is 12.8 Å². The van der Waals surface area contributed by atoms with Crippen molar-refractivity contribution in [2.45, 2.75) is 56.8 Å². The average Bonchev–Trinajstić information content (AvgIpc) is 3.01. The Hall–Kier alpha value is -0.0500. The number of carbonyl (C=O) groups is 1. The van der Waals surface area contributed by atoms with Crippen molar-refractivity contribution in [2.75, 3.05) is 6.54 Å². The maximum atomic E-state index is 11.9. The van der Waals surface area contributed by atoms with E-state index in [0.29, 0.717) is 11.9 Å². The van der Waals surface area contributed by atoms with E-state index in [-0.39, 0.29) is 4.83 Å². The highest BCUT2D eigenvalue weighted by Gasteiger charge is 2.33. The van der Waals surface area contributed by atoms with Crippen LogP contribution in [0.1, 0.15) is 46.0 Å². The summed E-state index contributed by atoms with van der Waals surface area (Å²) in [6, 6.07) is 0.556. The third-order valence-corrected chi connectivity index (χ3v) is 3.69. The first-order chi connectivity index (χ1) is 6.70. The third-order valence-electron chi connectivity index (χ3n) is 2.65. The Labute approximate surface area is 95.2 Å². The van der Waals surface area contributed by atoms with Crippen LogP contribution in [0, 0.1) is 0 Å². The van der Waals surface area contributed by atoms with Gasteiger partial charge < -0.3 is 4.90 Å². The second-order valence-corrected chi connectivity index (χ2v) is 5.10. The van der Waals surface area contributed by atoms with E-state index >= 15 is 0 Å². The quantitative estimate of drug-likeness (QED) is 0.674. The van der Waals surface area contributed by atoms with Crippen LogP contribution in [0.5, 0.6) is 0 Å². The van der Waals surface area contributed by atoms with Crippen LogP contribution in [0.25, 0.3) is 0 Å². The lowest BCUT2D eigenvalue weighted by Gasteiger charge is -2.24. The lowest BCUT2D eigenvalue weighted by molar-refractivity contribution is -0.131. The van der Waals surface area contributed by atoms with Gasteiger partial charge in [-0.15, -0.1) is 0 Å². The second kappa shape index (κ2) is 5.74. The van der Waals surface area contributed by atoms with E-state index in [0.717, 1.165) is 25.8 Å². The lowest BCUT2D eigenvalue weighted by atomic mass is 10.2. The van der Waals surface area contributed by atoms with Gasteiger partial charge in [0.15, 0.2) is 0 Å². The summed E-state index contributed by atoms with van der Waals surface area (Å²) in [6.45, 7) is 5.16. The molecule has 0 bridgehead atoms. The van der Waals surface area contributed by atoms with Crippen molar-refractivity contribution < 1.29 is 4.79 Å². The fourth-order valence-electron chi connectivity index (χ4n) is 1.54. The monoisotopic (exact) mass is 261 g/mol. The number of hydrogen-bond donors (Lipinski definition) is 0. The summed E-state index contributed by atoms with van der Waals surface area (Å²) in [7, 11) is 0. The molecule has 3 heteroatoms. The van der Waals surface area contributed by atoms with Gasteiger partial charge >= 0.3 is 0 Å². The van der Waals surface area contributed by atoms with Gasteiger partial charge in [-0.2, -0.15) is 0 Å². The Kier molecular flexibility index (Phi) is 4.93. The van der Waals surface area contributed by atoms with Crippen molar-refractivity contribution in [3.8, 4) is 0 Å². The van der Waals surface area contributed by atoms with Crippen molar-refractivity contribution in [1.29, 1.82) is 0 Å². The van der Waals surface area contributed by atoms with Crippen molar-refractivity contribution in [3.63, 3.8) is 0 Å². The van der Waals surface area contributed by atoms with Crippen LogP contribution in [-0.4, -0.2) is 28.2 Å². The molecule has 1 unspecified atom stereocenters. The minimum Gasteiger partial charge on any atom is -0.339 e. The van der Waals surface area contributed by atoms with Gasteiger partial charge in [0.25, 0.3) is 0 Å². The molecule has 0 aliphatic heterocycles. The first-order valence-electron chi connectivity index (χ1n) is 5.65. The Morgan fingerprint density at radius 2 is 2.14 bits per heavy atom. The largest absolute Gasteiger partial charge is 0.339 e. The number of halogens is 1. The van der Waals surface area contributed by atoms with Crippen molar-refractivity contribution in [2.24, 2.45) is 0 Å². The van der Waals surface area contributed by atoms with Gasteiger partial charge in [0.2, 0.25) is 5.91 Å². The number of nitrogens with zero attached hydrogens (tertiary/aromatic N) is 1. The summed E-state index contributed by atoms with van der Waals surface area (Å²) in [5, 5.41) is 0. The highest BCUT2D eigenvalue weighted by molar-refractivity contribution is 9.10. The maximum absolute atomic E-state index is 11.9. The molecule has 1 aliphatic rings. The zero-order valence-corrected chi connectivity index (χ0v) is 10.7. The molecule has 0 N–H and O–H groups in total. The molecule has 1 aliphatic carbocycles. The first kappa shape index (κ1) is 12.0. The van der Waals surface area contributed by atoms with E-state index in [1.807, 2.05) is 6.92 Å². The maximum Gasteiger partial charge on any atom is 0.236 e. The molecule has 0 aromatic rings. The zero-order valence-electron chi connectivity index (χ0n) is 9.13. The van der Waals surface area contributed by atoms with Crippen molar-refractivity contribution >= 4 is 21.8 Å². The van der Waals surface area contributed by atoms with Gasteiger partial charge in [0.05, 0.1) is 4.83 Å². The second-order valence-electron chi connectivity index (χ2n) is 3.99. The molecule has 0 heterocycles. The molecule has 82 valence electrons. The number of hydrogen-bond acceptors (Lipinski definition) is 1. The molecule has 1 saturated carbocycles. The smallest absolute Gasteiger partial charge is 0.236 e. The standard InChI is InChI=1S/C11H20BrNO/c1-3-5-8-13(9-6-7-9)11(14)10(12)4-2/h9-10H,3-8H2,1-2H3. The van der Waals surface area contributed by atoms with Crippen LogP contribution in [0.4, 0.5) is 0 Å². The highest BCUT2D eigenvalue weighted by Crippen LogP contribution is 2.28. The Balaban J connectivity index is 2.44. The van der Waals surface area contributed by atoms with Crippen LogP contribution in [-0.2, 0) is 4.79 Å². The van der Waals surface area contributed by atoms with Crippen molar-refractivity contribution in [3.05, 3.63) is 0 Å². The van der Waals surface area contributed by atoms with Crippen LogP contribution >= 0.6 is 15.9 Å². The first-order valence-corrected chi connectivity index (χ1v) is 6.56. The molecule has 1 atom stereocenters. The van der Waals surface area contributed by atoms with Crippen LogP contribution < -0.4 is 0 Å². The molecule has 0 spiro atoms. The van der Waals surface area contributed by atoms with Crippen LogP contribution in [0.2, 0.25) is 0 Å². The predicted octanol–water partition coefficient (Wildman–Crippen LogP) is 2.95.